The van der Waals surface area contributed by atoms with E-state index in [0.29, 0.717) is 23.6 Å². The standard InChI is InChI=1S/C21H26N4O2/c1-13-10-18(23-22-13)21(26)25-12-17(15-4-3-5-16(11-15)27-2)20-19(25)14-6-8-24(20)9-7-14/h3-5,10-11,14,17,19-20H,6-9,12H2,1-2H3,(H,22,23)/t17-,19+,20+/m0/s1. The SMILES string of the molecule is COc1cccc([C@@H]2CN(C(=O)c3cc(C)[nH]n3)[C@@H]3C4CCN(CC4)[C@@H]32)c1. The van der Waals surface area contributed by atoms with Gasteiger partial charge in [0.25, 0.3) is 5.91 Å². The van der Waals surface area contributed by atoms with Crippen molar-refractivity contribution in [1.82, 2.24) is 20.0 Å². The first-order valence-corrected chi connectivity index (χ1v) is 9.86. The van der Waals surface area contributed by atoms with Gasteiger partial charge in [0, 0.05) is 24.2 Å². The van der Waals surface area contributed by atoms with Gasteiger partial charge in [-0.15, -0.1) is 0 Å². The van der Waals surface area contributed by atoms with E-state index in [-0.39, 0.29) is 11.9 Å². The summed E-state index contributed by atoms with van der Waals surface area (Å²) in [6.07, 6.45) is 2.38. The van der Waals surface area contributed by atoms with E-state index in [4.69, 9.17) is 4.74 Å². The molecule has 2 bridgehead atoms. The lowest BCUT2D eigenvalue weighted by atomic mass is 9.75. The largest absolute Gasteiger partial charge is 0.497 e. The smallest absolute Gasteiger partial charge is 0.274 e. The maximum absolute atomic E-state index is 13.3. The molecule has 0 saturated carbocycles. The number of methoxy groups -OCH3 is 1. The number of carbonyl (C=O) groups excluding carboxylic acids is 1. The highest BCUT2D eigenvalue weighted by Crippen LogP contribution is 2.47. The summed E-state index contributed by atoms with van der Waals surface area (Å²) in [6, 6.07) is 10.9. The van der Waals surface area contributed by atoms with Crippen molar-refractivity contribution < 1.29 is 9.53 Å². The van der Waals surface area contributed by atoms with E-state index in [1.807, 2.05) is 19.1 Å². The molecule has 0 spiro atoms. The number of H-pyrrole nitrogens is 1. The lowest BCUT2D eigenvalue weighted by Gasteiger charge is -2.51. The van der Waals surface area contributed by atoms with Gasteiger partial charge in [0.05, 0.1) is 13.2 Å². The summed E-state index contributed by atoms with van der Waals surface area (Å²) < 4.78 is 5.45. The molecule has 142 valence electrons. The van der Waals surface area contributed by atoms with Gasteiger partial charge in [0.1, 0.15) is 11.4 Å². The predicted molar refractivity (Wildman–Crippen MR) is 102 cm³/mol. The second-order valence-electron chi connectivity index (χ2n) is 8.13. The van der Waals surface area contributed by atoms with Crippen LogP contribution < -0.4 is 4.74 Å². The minimum atomic E-state index is 0.0634. The van der Waals surface area contributed by atoms with Crippen LogP contribution in [0.4, 0.5) is 0 Å². The Morgan fingerprint density at radius 3 is 2.74 bits per heavy atom. The van der Waals surface area contributed by atoms with E-state index in [1.54, 1.807) is 7.11 Å². The Kier molecular flexibility index (Phi) is 3.97. The predicted octanol–water partition coefficient (Wildman–Crippen LogP) is 2.43. The molecule has 4 aliphatic heterocycles. The highest BCUT2D eigenvalue weighted by Gasteiger charge is 2.54. The monoisotopic (exact) mass is 366 g/mol. The van der Waals surface area contributed by atoms with Gasteiger partial charge in [-0.3, -0.25) is 14.8 Å². The number of amides is 1. The molecule has 3 atom stereocenters. The van der Waals surface area contributed by atoms with Crippen LogP contribution >= 0.6 is 0 Å². The zero-order valence-electron chi connectivity index (χ0n) is 15.9. The third-order valence-electron chi connectivity index (χ3n) is 6.70. The highest BCUT2D eigenvalue weighted by molar-refractivity contribution is 5.93. The molecular formula is C21H26N4O2. The van der Waals surface area contributed by atoms with Gasteiger partial charge in [0.2, 0.25) is 0 Å². The third kappa shape index (κ3) is 2.65. The molecule has 6 rings (SSSR count). The summed E-state index contributed by atoms with van der Waals surface area (Å²) in [5, 5.41) is 7.15. The number of hydrogen-bond donors (Lipinski definition) is 1. The molecule has 1 amide bonds. The van der Waals surface area contributed by atoms with Crippen LogP contribution in [-0.2, 0) is 0 Å². The molecular weight excluding hydrogens is 340 g/mol. The normalized spacial score (nSPS) is 31.8. The van der Waals surface area contributed by atoms with Crippen LogP contribution in [0.3, 0.4) is 0 Å². The van der Waals surface area contributed by atoms with Crippen molar-refractivity contribution in [2.45, 2.75) is 37.8 Å². The molecule has 0 radical (unpaired) electrons. The fourth-order valence-electron chi connectivity index (χ4n) is 5.49. The van der Waals surface area contributed by atoms with Crippen molar-refractivity contribution >= 4 is 5.91 Å². The summed E-state index contributed by atoms with van der Waals surface area (Å²) in [5.74, 6) is 1.86. The van der Waals surface area contributed by atoms with Crippen molar-refractivity contribution in [1.29, 1.82) is 0 Å². The first-order valence-electron chi connectivity index (χ1n) is 9.86. The van der Waals surface area contributed by atoms with E-state index in [0.717, 1.165) is 31.1 Å². The zero-order valence-corrected chi connectivity index (χ0v) is 15.9. The molecule has 5 heterocycles. The Morgan fingerprint density at radius 2 is 2.04 bits per heavy atom. The first kappa shape index (κ1) is 16.8. The van der Waals surface area contributed by atoms with Crippen molar-refractivity contribution in [2.75, 3.05) is 26.7 Å². The number of likely N-dealkylation sites (tertiary alicyclic amines) is 1. The van der Waals surface area contributed by atoms with Crippen LogP contribution in [0.5, 0.6) is 5.75 Å². The topological polar surface area (TPSA) is 61.5 Å². The molecule has 1 N–H and O–H groups in total. The van der Waals surface area contributed by atoms with Gasteiger partial charge < -0.3 is 9.64 Å². The Bertz CT molecular complexity index is 855. The number of aryl methyl sites for hydroxylation is 1. The summed E-state index contributed by atoms with van der Waals surface area (Å²) in [6.45, 7) is 4.98. The molecule has 6 nitrogen and oxygen atoms in total. The van der Waals surface area contributed by atoms with Crippen molar-refractivity contribution in [2.24, 2.45) is 5.92 Å². The maximum atomic E-state index is 13.3. The fourth-order valence-corrected chi connectivity index (χ4v) is 5.49. The van der Waals surface area contributed by atoms with Crippen molar-refractivity contribution in [3.05, 3.63) is 47.3 Å². The number of fused-ring (bicyclic) bond motifs is 2. The van der Waals surface area contributed by atoms with Gasteiger partial charge in [-0.2, -0.15) is 5.10 Å². The number of rotatable bonds is 3. The van der Waals surface area contributed by atoms with E-state index in [1.165, 1.54) is 18.4 Å². The lowest BCUT2D eigenvalue weighted by molar-refractivity contribution is -0.00359. The average molecular weight is 366 g/mol. The molecule has 4 fully saturated rings. The van der Waals surface area contributed by atoms with Gasteiger partial charge in [0.15, 0.2) is 0 Å². The molecule has 1 aromatic carbocycles. The minimum Gasteiger partial charge on any atom is -0.497 e. The molecule has 0 aliphatic carbocycles. The summed E-state index contributed by atoms with van der Waals surface area (Å²) in [5.41, 5.74) is 2.73. The Hall–Kier alpha value is -2.34. The van der Waals surface area contributed by atoms with Crippen LogP contribution in [0.25, 0.3) is 0 Å². The van der Waals surface area contributed by atoms with E-state index < -0.39 is 0 Å². The van der Waals surface area contributed by atoms with E-state index in [2.05, 4.69) is 38.2 Å². The van der Waals surface area contributed by atoms with Crippen LogP contribution in [0.1, 0.15) is 40.5 Å². The van der Waals surface area contributed by atoms with Crippen LogP contribution in [0.2, 0.25) is 0 Å². The molecule has 4 saturated heterocycles. The van der Waals surface area contributed by atoms with E-state index >= 15 is 0 Å². The minimum absolute atomic E-state index is 0.0634. The number of aromatic nitrogens is 2. The Balaban J connectivity index is 1.52. The Labute approximate surface area is 159 Å². The number of aromatic amines is 1. The fraction of sp³-hybridized carbons (Fsp3) is 0.524. The van der Waals surface area contributed by atoms with Crippen molar-refractivity contribution in [3.8, 4) is 5.75 Å². The number of carbonyl (C=O) groups is 1. The molecule has 0 unspecified atom stereocenters. The average Bonchev–Trinajstić information content (AvgIpc) is 3.34. The third-order valence-corrected chi connectivity index (χ3v) is 6.70. The maximum Gasteiger partial charge on any atom is 0.274 e. The Morgan fingerprint density at radius 1 is 1.22 bits per heavy atom. The number of ether oxygens (including phenoxy) is 1. The second-order valence-corrected chi connectivity index (χ2v) is 8.13. The number of piperidine rings is 3. The summed E-state index contributed by atoms with van der Waals surface area (Å²) >= 11 is 0. The van der Waals surface area contributed by atoms with Gasteiger partial charge in [-0.05, 0) is 62.5 Å². The zero-order chi connectivity index (χ0) is 18.5. The molecule has 6 heteroatoms. The highest BCUT2D eigenvalue weighted by atomic mass is 16.5. The van der Waals surface area contributed by atoms with Gasteiger partial charge in [-0.1, -0.05) is 12.1 Å². The van der Waals surface area contributed by atoms with E-state index in [9.17, 15) is 4.79 Å². The summed E-state index contributed by atoms with van der Waals surface area (Å²) in [7, 11) is 1.71. The van der Waals surface area contributed by atoms with Crippen LogP contribution in [-0.4, -0.2) is 64.7 Å². The lowest BCUT2D eigenvalue weighted by Crippen LogP contribution is -2.60. The van der Waals surface area contributed by atoms with Gasteiger partial charge in [-0.25, -0.2) is 0 Å². The number of nitrogens with one attached hydrogen (secondary N) is 1. The van der Waals surface area contributed by atoms with Gasteiger partial charge >= 0.3 is 0 Å². The number of benzene rings is 1. The molecule has 1 aromatic heterocycles. The first-order chi connectivity index (χ1) is 13.2. The van der Waals surface area contributed by atoms with Crippen LogP contribution in [0, 0.1) is 12.8 Å². The van der Waals surface area contributed by atoms with Crippen molar-refractivity contribution in [3.63, 3.8) is 0 Å². The molecule has 4 aliphatic rings. The quantitative estimate of drug-likeness (QED) is 0.906. The molecule has 27 heavy (non-hydrogen) atoms. The molecule has 2 aromatic rings. The van der Waals surface area contributed by atoms with Crippen LogP contribution in [0.15, 0.2) is 30.3 Å². The number of nitrogens with zero attached hydrogens (tertiary/aromatic N) is 3. The summed E-state index contributed by atoms with van der Waals surface area (Å²) in [4.78, 5) is 18.0. The number of hydrogen-bond acceptors (Lipinski definition) is 4. The second kappa shape index (κ2) is 6.37.